The van der Waals surface area contributed by atoms with E-state index in [0.717, 1.165) is 12.3 Å². The molecule has 0 fully saturated rings. The Hall–Kier alpha value is -0.810. The van der Waals surface area contributed by atoms with Crippen LogP contribution in [-0.4, -0.2) is 11.5 Å². The standard InChI is InChI=1S/C9H10ClF3N2/c10-8-6(2-1-4-14)7(3-5-15-8)9(11,12)13/h3,5H,1-2,4,14H2. The summed E-state index contributed by atoms with van der Waals surface area (Å²) < 4.78 is 37.6. The van der Waals surface area contributed by atoms with Gasteiger partial charge in [0.1, 0.15) is 5.15 Å². The van der Waals surface area contributed by atoms with Gasteiger partial charge in [-0.3, -0.25) is 0 Å². The summed E-state index contributed by atoms with van der Waals surface area (Å²) in [7, 11) is 0. The third kappa shape index (κ3) is 3.07. The maximum atomic E-state index is 12.5. The van der Waals surface area contributed by atoms with Crippen molar-refractivity contribution in [2.45, 2.75) is 19.0 Å². The summed E-state index contributed by atoms with van der Waals surface area (Å²) in [5, 5.41) is -0.0988. The zero-order valence-corrected chi connectivity index (χ0v) is 8.57. The average Bonchev–Trinajstić information content (AvgIpc) is 2.14. The largest absolute Gasteiger partial charge is 0.416 e. The van der Waals surface area contributed by atoms with Gasteiger partial charge in [-0.1, -0.05) is 11.6 Å². The first kappa shape index (κ1) is 12.3. The molecular weight excluding hydrogens is 229 g/mol. The van der Waals surface area contributed by atoms with E-state index < -0.39 is 11.7 Å². The molecule has 0 amide bonds. The van der Waals surface area contributed by atoms with Gasteiger partial charge in [-0.25, -0.2) is 4.98 Å². The molecule has 84 valence electrons. The van der Waals surface area contributed by atoms with Gasteiger partial charge in [0.15, 0.2) is 0 Å². The van der Waals surface area contributed by atoms with Gasteiger partial charge >= 0.3 is 6.18 Å². The quantitative estimate of drug-likeness (QED) is 0.823. The van der Waals surface area contributed by atoms with Crippen LogP contribution in [0.5, 0.6) is 0 Å². The van der Waals surface area contributed by atoms with Crippen molar-refractivity contribution in [3.05, 3.63) is 28.5 Å². The minimum absolute atomic E-state index is 0.0251. The van der Waals surface area contributed by atoms with E-state index in [2.05, 4.69) is 4.98 Å². The Morgan fingerprint density at radius 3 is 2.60 bits per heavy atom. The van der Waals surface area contributed by atoms with Crippen molar-refractivity contribution >= 4 is 11.6 Å². The van der Waals surface area contributed by atoms with E-state index in [0.29, 0.717) is 13.0 Å². The lowest BCUT2D eigenvalue weighted by molar-refractivity contribution is -0.138. The molecule has 0 unspecified atom stereocenters. The number of pyridine rings is 1. The van der Waals surface area contributed by atoms with Gasteiger partial charge in [0, 0.05) is 11.8 Å². The van der Waals surface area contributed by atoms with Crippen LogP contribution in [0.3, 0.4) is 0 Å². The first-order valence-electron chi connectivity index (χ1n) is 4.37. The van der Waals surface area contributed by atoms with Crippen LogP contribution in [0.15, 0.2) is 12.3 Å². The second-order valence-electron chi connectivity index (χ2n) is 3.02. The predicted molar refractivity (Wildman–Crippen MR) is 51.6 cm³/mol. The average molecular weight is 239 g/mol. The molecule has 0 atom stereocenters. The third-order valence-corrected chi connectivity index (χ3v) is 2.27. The molecule has 1 aromatic heterocycles. The monoisotopic (exact) mass is 238 g/mol. The number of hydrogen-bond acceptors (Lipinski definition) is 2. The summed E-state index contributed by atoms with van der Waals surface area (Å²) >= 11 is 5.62. The summed E-state index contributed by atoms with van der Waals surface area (Å²) in [4.78, 5) is 3.63. The summed E-state index contributed by atoms with van der Waals surface area (Å²) in [6, 6.07) is 0.928. The van der Waals surface area contributed by atoms with Gasteiger partial charge in [0.25, 0.3) is 0 Å². The van der Waals surface area contributed by atoms with Crippen molar-refractivity contribution in [2.75, 3.05) is 6.54 Å². The molecule has 0 saturated heterocycles. The fraction of sp³-hybridized carbons (Fsp3) is 0.444. The number of nitrogens with zero attached hydrogens (tertiary/aromatic N) is 1. The molecule has 6 heteroatoms. The summed E-state index contributed by atoms with van der Waals surface area (Å²) in [5.74, 6) is 0. The number of nitrogens with two attached hydrogens (primary N) is 1. The van der Waals surface area contributed by atoms with Crippen LogP contribution < -0.4 is 5.73 Å². The molecule has 0 aliphatic rings. The summed E-state index contributed by atoms with van der Waals surface area (Å²) in [5.41, 5.74) is 4.54. The molecule has 0 spiro atoms. The zero-order valence-electron chi connectivity index (χ0n) is 7.81. The van der Waals surface area contributed by atoms with Crippen LogP contribution >= 0.6 is 11.6 Å². The van der Waals surface area contributed by atoms with Crippen molar-refractivity contribution in [3.8, 4) is 0 Å². The zero-order chi connectivity index (χ0) is 11.5. The van der Waals surface area contributed by atoms with Gasteiger partial charge in [0.05, 0.1) is 5.56 Å². The molecular formula is C9H10ClF3N2. The lowest BCUT2D eigenvalue weighted by Crippen LogP contribution is -2.11. The molecule has 1 heterocycles. The van der Waals surface area contributed by atoms with Gasteiger partial charge < -0.3 is 5.73 Å². The highest BCUT2D eigenvalue weighted by atomic mass is 35.5. The van der Waals surface area contributed by atoms with Crippen molar-refractivity contribution in [1.29, 1.82) is 0 Å². The maximum absolute atomic E-state index is 12.5. The SMILES string of the molecule is NCCCc1c(C(F)(F)F)ccnc1Cl. The molecule has 0 aromatic carbocycles. The molecule has 0 aliphatic heterocycles. The number of alkyl halides is 3. The number of rotatable bonds is 3. The lowest BCUT2D eigenvalue weighted by Gasteiger charge is -2.12. The van der Waals surface area contributed by atoms with Gasteiger partial charge in [-0.15, -0.1) is 0 Å². The van der Waals surface area contributed by atoms with E-state index >= 15 is 0 Å². The van der Waals surface area contributed by atoms with E-state index in [-0.39, 0.29) is 17.1 Å². The second-order valence-corrected chi connectivity index (χ2v) is 3.38. The Morgan fingerprint density at radius 2 is 2.07 bits per heavy atom. The van der Waals surface area contributed by atoms with E-state index in [4.69, 9.17) is 17.3 Å². The van der Waals surface area contributed by atoms with E-state index in [1.54, 1.807) is 0 Å². The lowest BCUT2D eigenvalue weighted by atomic mass is 10.1. The molecule has 0 radical (unpaired) electrons. The van der Waals surface area contributed by atoms with Crippen molar-refractivity contribution < 1.29 is 13.2 Å². The number of aromatic nitrogens is 1. The van der Waals surface area contributed by atoms with Crippen LogP contribution in [-0.2, 0) is 12.6 Å². The minimum atomic E-state index is -4.39. The van der Waals surface area contributed by atoms with Crippen LogP contribution in [0, 0.1) is 0 Å². The Kier molecular flexibility index (Phi) is 3.93. The smallest absolute Gasteiger partial charge is 0.330 e. The molecule has 0 saturated carbocycles. The fourth-order valence-corrected chi connectivity index (χ4v) is 1.50. The van der Waals surface area contributed by atoms with Crippen LogP contribution in [0.25, 0.3) is 0 Å². The van der Waals surface area contributed by atoms with Gasteiger partial charge in [-0.05, 0) is 25.5 Å². The van der Waals surface area contributed by atoms with E-state index in [1.807, 2.05) is 0 Å². The Morgan fingerprint density at radius 1 is 1.40 bits per heavy atom. The molecule has 0 bridgehead atoms. The maximum Gasteiger partial charge on any atom is 0.416 e. The van der Waals surface area contributed by atoms with Gasteiger partial charge in [0.2, 0.25) is 0 Å². The highest BCUT2D eigenvalue weighted by Gasteiger charge is 2.34. The molecule has 15 heavy (non-hydrogen) atoms. The van der Waals surface area contributed by atoms with Crippen LogP contribution in [0.4, 0.5) is 13.2 Å². The van der Waals surface area contributed by atoms with Gasteiger partial charge in [-0.2, -0.15) is 13.2 Å². The minimum Gasteiger partial charge on any atom is -0.330 e. The van der Waals surface area contributed by atoms with Crippen LogP contribution in [0.2, 0.25) is 5.15 Å². The summed E-state index contributed by atoms with van der Waals surface area (Å²) in [6.45, 7) is 0.322. The topological polar surface area (TPSA) is 38.9 Å². The van der Waals surface area contributed by atoms with E-state index in [9.17, 15) is 13.2 Å². The predicted octanol–water partition coefficient (Wildman–Crippen LogP) is 2.65. The van der Waals surface area contributed by atoms with E-state index in [1.165, 1.54) is 0 Å². The van der Waals surface area contributed by atoms with Crippen LogP contribution in [0.1, 0.15) is 17.5 Å². The highest BCUT2D eigenvalue weighted by Crippen LogP contribution is 2.34. The molecule has 0 aliphatic carbocycles. The molecule has 1 aromatic rings. The second kappa shape index (κ2) is 4.81. The normalized spacial score (nSPS) is 11.8. The first-order valence-corrected chi connectivity index (χ1v) is 4.75. The van der Waals surface area contributed by atoms with Crippen molar-refractivity contribution in [1.82, 2.24) is 4.98 Å². The summed E-state index contributed by atoms with van der Waals surface area (Å²) in [6.07, 6.45) is -2.69. The Balaban J connectivity index is 3.09. The number of hydrogen-bond donors (Lipinski definition) is 1. The number of halogens is 4. The highest BCUT2D eigenvalue weighted by molar-refractivity contribution is 6.30. The molecule has 2 nitrogen and oxygen atoms in total. The fourth-order valence-electron chi connectivity index (χ4n) is 1.25. The van der Waals surface area contributed by atoms with Crippen molar-refractivity contribution in [3.63, 3.8) is 0 Å². The Labute approximate surface area is 90.3 Å². The first-order chi connectivity index (χ1) is 6.96. The third-order valence-electron chi connectivity index (χ3n) is 1.94. The molecule has 1 rings (SSSR count). The van der Waals surface area contributed by atoms with Crippen molar-refractivity contribution in [2.24, 2.45) is 5.73 Å². The Bertz CT molecular complexity index is 339. The molecule has 2 N–H and O–H groups in total.